The van der Waals surface area contributed by atoms with Gasteiger partial charge in [0.2, 0.25) is 5.88 Å². The molecule has 0 atom stereocenters. The molecular weight excluding hydrogens is 292 g/mol. The number of ether oxygens (including phenoxy) is 1. The average Bonchev–Trinajstić information content (AvgIpc) is 2.32. The number of hydrogen-bond donors (Lipinski definition) is 0. The molecule has 0 fully saturated rings. The van der Waals surface area contributed by atoms with Crippen LogP contribution in [-0.4, -0.2) is 4.98 Å². The zero-order valence-electron chi connectivity index (χ0n) is 8.61. The van der Waals surface area contributed by atoms with Crippen molar-refractivity contribution in [2.24, 2.45) is 0 Å². The minimum atomic E-state index is -2.52. The highest BCUT2D eigenvalue weighted by molar-refractivity contribution is 9.10. The molecule has 1 aromatic heterocycles. The fraction of sp³-hybridized carbons (Fsp3) is 0.0833. The second-order valence-corrected chi connectivity index (χ2v) is 4.20. The van der Waals surface area contributed by atoms with Crippen molar-refractivity contribution in [1.29, 1.82) is 0 Å². The summed E-state index contributed by atoms with van der Waals surface area (Å²) in [5.41, 5.74) is -0.105. The maximum absolute atomic E-state index is 12.4. The first-order chi connectivity index (χ1) is 8.15. The number of nitrogens with zero attached hydrogens (tertiary/aromatic N) is 1. The number of hydrogen-bond acceptors (Lipinski definition) is 2. The van der Waals surface area contributed by atoms with Crippen molar-refractivity contribution in [2.45, 2.75) is 6.43 Å². The summed E-state index contributed by atoms with van der Waals surface area (Å²) in [7, 11) is 0. The van der Waals surface area contributed by atoms with E-state index in [0.717, 1.165) is 4.47 Å². The first-order valence-electron chi connectivity index (χ1n) is 4.82. The van der Waals surface area contributed by atoms with Gasteiger partial charge in [0.05, 0.1) is 0 Å². The molecule has 2 rings (SSSR count). The highest BCUT2D eigenvalue weighted by Crippen LogP contribution is 2.25. The van der Waals surface area contributed by atoms with Crippen LogP contribution in [0.5, 0.6) is 11.6 Å². The molecule has 0 bridgehead atoms. The lowest BCUT2D eigenvalue weighted by Crippen LogP contribution is -1.90. The van der Waals surface area contributed by atoms with E-state index in [1.807, 2.05) is 0 Å². The van der Waals surface area contributed by atoms with Crippen LogP contribution in [0.3, 0.4) is 0 Å². The second kappa shape index (κ2) is 5.23. The van der Waals surface area contributed by atoms with Gasteiger partial charge in [0.25, 0.3) is 6.43 Å². The Morgan fingerprint density at radius 3 is 2.47 bits per heavy atom. The molecule has 0 spiro atoms. The summed E-state index contributed by atoms with van der Waals surface area (Å²) in [5.74, 6) is 0.706. The lowest BCUT2D eigenvalue weighted by atomic mass is 10.3. The topological polar surface area (TPSA) is 22.1 Å². The molecule has 1 heterocycles. The monoisotopic (exact) mass is 299 g/mol. The molecule has 0 unspecified atom stereocenters. The van der Waals surface area contributed by atoms with Crippen molar-refractivity contribution in [3.8, 4) is 11.6 Å². The molecule has 0 aliphatic heterocycles. The molecule has 0 aliphatic rings. The fourth-order valence-corrected chi connectivity index (χ4v) is 1.50. The highest BCUT2D eigenvalue weighted by atomic mass is 79.9. The SMILES string of the molecule is FC(F)c1ccnc(Oc2ccc(Br)cc2)c1. The van der Waals surface area contributed by atoms with Crippen LogP contribution in [0.4, 0.5) is 8.78 Å². The van der Waals surface area contributed by atoms with Crippen molar-refractivity contribution in [3.63, 3.8) is 0 Å². The van der Waals surface area contributed by atoms with Gasteiger partial charge in [0.15, 0.2) is 0 Å². The van der Waals surface area contributed by atoms with Crippen LogP contribution in [0.1, 0.15) is 12.0 Å². The van der Waals surface area contributed by atoms with Crippen molar-refractivity contribution in [1.82, 2.24) is 4.98 Å². The van der Waals surface area contributed by atoms with Crippen LogP contribution in [0, 0.1) is 0 Å². The van der Waals surface area contributed by atoms with Crippen LogP contribution in [0.2, 0.25) is 0 Å². The van der Waals surface area contributed by atoms with E-state index in [1.54, 1.807) is 24.3 Å². The van der Waals surface area contributed by atoms with Crippen LogP contribution >= 0.6 is 15.9 Å². The van der Waals surface area contributed by atoms with Gasteiger partial charge in [-0.2, -0.15) is 0 Å². The molecule has 2 aromatic rings. The third kappa shape index (κ3) is 3.23. The van der Waals surface area contributed by atoms with Crippen LogP contribution in [-0.2, 0) is 0 Å². The Balaban J connectivity index is 2.18. The summed E-state index contributed by atoms with van der Waals surface area (Å²) < 4.78 is 31.2. The number of alkyl halides is 2. The lowest BCUT2D eigenvalue weighted by molar-refractivity contribution is 0.151. The van der Waals surface area contributed by atoms with Gasteiger partial charge < -0.3 is 4.74 Å². The fourth-order valence-electron chi connectivity index (χ4n) is 1.24. The maximum atomic E-state index is 12.4. The van der Waals surface area contributed by atoms with Crippen molar-refractivity contribution < 1.29 is 13.5 Å². The van der Waals surface area contributed by atoms with E-state index in [9.17, 15) is 8.78 Å². The van der Waals surface area contributed by atoms with Gasteiger partial charge in [-0.15, -0.1) is 0 Å². The maximum Gasteiger partial charge on any atom is 0.264 e. The molecule has 1 aromatic carbocycles. The third-order valence-electron chi connectivity index (χ3n) is 2.05. The number of pyridine rings is 1. The summed E-state index contributed by atoms with van der Waals surface area (Å²) in [5, 5.41) is 0. The Morgan fingerprint density at radius 2 is 1.82 bits per heavy atom. The first-order valence-corrected chi connectivity index (χ1v) is 5.62. The van der Waals surface area contributed by atoms with E-state index in [0.29, 0.717) is 5.75 Å². The molecule has 0 radical (unpaired) electrons. The molecule has 0 aliphatic carbocycles. The van der Waals surface area contributed by atoms with E-state index < -0.39 is 6.43 Å². The highest BCUT2D eigenvalue weighted by Gasteiger charge is 2.08. The van der Waals surface area contributed by atoms with Gasteiger partial charge in [-0.05, 0) is 30.3 Å². The Kier molecular flexibility index (Phi) is 3.68. The molecule has 0 N–H and O–H groups in total. The quantitative estimate of drug-likeness (QED) is 0.828. The molecule has 0 saturated heterocycles. The van der Waals surface area contributed by atoms with Crippen LogP contribution in [0.15, 0.2) is 47.1 Å². The largest absolute Gasteiger partial charge is 0.439 e. The summed E-state index contributed by atoms with van der Waals surface area (Å²) in [4.78, 5) is 3.87. The predicted molar refractivity (Wildman–Crippen MR) is 63.4 cm³/mol. The van der Waals surface area contributed by atoms with E-state index in [4.69, 9.17) is 4.74 Å². The van der Waals surface area contributed by atoms with Gasteiger partial charge in [-0.1, -0.05) is 15.9 Å². The number of halogens is 3. The van der Waals surface area contributed by atoms with Gasteiger partial charge in [0.1, 0.15) is 5.75 Å². The Morgan fingerprint density at radius 1 is 1.12 bits per heavy atom. The average molecular weight is 300 g/mol. The van der Waals surface area contributed by atoms with Gasteiger partial charge >= 0.3 is 0 Å². The van der Waals surface area contributed by atoms with Crippen molar-refractivity contribution in [3.05, 3.63) is 52.6 Å². The van der Waals surface area contributed by atoms with E-state index >= 15 is 0 Å². The van der Waals surface area contributed by atoms with E-state index in [-0.39, 0.29) is 11.4 Å². The molecule has 0 amide bonds. The van der Waals surface area contributed by atoms with Gasteiger partial charge in [-0.3, -0.25) is 0 Å². The van der Waals surface area contributed by atoms with Crippen LogP contribution < -0.4 is 4.74 Å². The van der Waals surface area contributed by atoms with E-state index in [2.05, 4.69) is 20.9 Å². The van der Waals surface area contributed by atoms with Crippen molar-refractivity contribution >= 4 is 15.9 Å². The lowest BCUT2D eigenvalue weighted by Gasteiger charge is -2.06. The molecule has 0 saturated carbocycles. The number of benzene rings is 1. The Bertz CT molecular complexity index is 502. The number of rotatable bonds is 3. The summed E-state index contributed by atoms with van der Waals surface area (Å²) in [6.45, 7) is 0. The number of aromatic nitrogens is 1. The van der Waals surface area contributed by atoms with Gasteiger partial charge in [-0.25, -0.2) is 13.8 Å². The standard InChI is InChI=1S/C12H8BrF2NO/c13-9-1-3-10(4-2-9)17-11-7-8(12(14)15)5-6-16-11/h1-7,12H. The van der Waals surface area contributed by atoms with Crippen molar-refractivity contribution in [2.75, 3.05) is 0 Å². The minimum absolute atomic E-state index is 0.105. The third-order valence-corrected chi connectivity index (χ3v) is 2.58. The Hall–Kier alpha value is -1.49. The zero-order valence-corrected chi connectivity index (χ0v) is 10.2. The Labute approximate surface area is 105 Å². The second-order valence-electron chi connectivity index (χ2n) is 3.28. The molecule has 2 nitrogen and oxygen atoms in total. The summed E-state index contributed by atoms with van der Waals surface area (Å²) >= 11 is 3.29. The molecular formula is C12H8BrF2NO. The zero-order chi connectivity index (χ0) is 12.3. The summed E-state index contributed by atoms with van der Waals surface area (Å²) in [6.07, 6.45) is -1.22. The first kappa shape index (κ1) is 12.0. The summed E-state index contributed by atoms with van der Waals surface area (Å²) in [6, 6.07) is 9.53. The molecule has 17 heavy (non-hydrogen) atoms. The molecule has 5 heteroatoms. The molecule has 88 valence electrons. The smallest absolute Gasteiger partial charge is 0.264 e. The normalized spacial score (nSPS) is 10.6. The van der Waals surface area contributed by atoms with Gasteiger partial charge in [0, 0.05) is 22.3 Å². The minimum Gasteiger partial charge on any atom is -0.439 e. The van der Waals surface area contributed by atoms with E-state index in [1.165, 1.54) is 18.3 Å². The predicted octanol–water partition coefficient (Wildman–Crippen LogP) is 4.57. The van der Waals surface area contributed by atoms with Crippen LogP contribution in [0.25, 0.3) is 0 Å².